The van der Waals surface area contributed by atoms with Gasteiger partial charge in [0.1, 0.15) is 0 Å². The van der Waals surface area contributed by atoms with Crippen LogP contribution in [0.25, 0.3) is 0 Å². The van der Waals surface area contributed by atoms with Crippen LogP contribution in [0.2, 0.25) is 0 Å². The predicted octanol–water partition coefficient (Wildman–Crippen LogP) is 4.71. The highest BCUT2D eigenvalue weighted by atomic mass is 19.2. The Morgan fingerprint density at radius 1 is 0.821 bits per heavy atom. The predicted molar refractivity (Wildman–Crippen MR) is 103 cm³/mol. The topological polar surface area (TPSA) is 58.2 Å². The quantitative estimate of drug-likeness (QED) is 0.674. The molecule has 0 aliphatic carbocycles. The number of carbonyl (C=O) groups is 2. The van der Waals surface area contributed by atoms with Crippen molar-refractivity contribution < 1.29 is 18.4 Å². The lowest BCUT2D eigenvalue weighted by molar-refractivity contribution is 0.0940. The van der Waals surface area contributed by atoms with E-state index in [1.165, 1.54) is 6.07 Å². The van der Waals surface area contributed by atoms with Crippen LogP contribution >= 0.6 is 0 Å². The van der Waals surface area contributed by atoms with Crippen LogP contribution in [0, 0.1) is 11.6 Å². The lowest BCUT2D eigenvalue weighted by Crippen LogP contribution is -2.28. The SMILES string of the molecule is CC(NC(=O)c1ccccc1NC(=O)c1ccc(F)c(F)c1)c1ccccc1. The molecule has 3 aromatic rings. The van der Waals surface area contributed by atoms with Crippen molar-refractivity contribution in [3.8, 4) is 0 Å². The van der Waals surface area contributed by atoms with Gasteiger partial charge in [-0.3, -0.25) is 9.59 Å². The standard InChI is InChI=1S/C22H18F2N2O2/c1-14(15-7-3-2-4-8-15)25-22(28)17-9-5-6-10-20(17)26-21(27)16-11-12-18(23)19(24)13-16/h2-14H,1H3,(H,25,28)(H,26,27). The first-order chi connectivity index (χ1) is 13.5. The molecule has 2 amide bonds. The second-order valence-corrected chi connectivity index (χ2v) is 6.23. The fourth-order valence-corrected chi connectivity index (χ4v) is 2.72. The lowest BCUT2D eigenvalue weighted by atomic mass is 10.1. The van der Waals surface area contributed by atoms with Crippen molar-refractivity contribution in [2.45, 2.75) is 13.0 Å². The zero-order valence-electron chi connectivity index (χ0n) is 15.1. The summed E-state index contributed by atoms with van der Waals surface area (Å²) < 4.78 is 26.4. The van der Waals surface area contributed by atoms with E-state index >= 15 is 0 Å². The van der Waals surface area contributed by atoms with Gasteiger partial charge in [-0.2, -0.15) is 0 Å². The summed E-state index contributed by atoms with van der Waals surface area (Å²) in [6.45, 7) is 1.86. The van der Waals surface area contributed by atoms with Gasteiger partial charge >= 0.3 is 0 Å². The van der Waals surface area contributed by atoms with Gasteiger partial charge in [-0.1, -0.05) is 42.5 Å². The molecule has 0 aliphatic rings. The Kier molecular flexibility index (Phi) is 5.79. The fraction of sp³-hybridized carbons (Fsp3) is 0.0909. The zero-order valence-corrected chi connectivity index (χ0v) is 15.1. The summed E-state index contributed by atoms with van der Waals surface area (Å²) in [5.41, 5.74) is 1.43. The third-order valence-electron chi connectivity index (χ3n) is 4.25. The van der Waals surface area contributed by atoms with Gasteiger partial charge in [-0.25, -0.2) is 8.78 Å². The van der Waals surface area contributed by atoms with Crippen LogP contribution in [0.15, 0.2) is 72.8 Å². The van der Waals surface area contributed by atoms with E-state index in [1.54, 1.807) is 24.3 Å². The molecular formula is C22H18F2N2O2. The van der Waals surface area contributed by atoms with Gasteiger partial charge in [-0.15, -0.1) is 0 Å². The van der Waals surface area contributed by atoms with Crippen molar-refractivity contribution in [3.63, 3.8) is 0 Å². The molecule has 0 saturated heterocycles. The van der Waals surface area contributed by atoms with E-state index in [0.717, 1.165) is 17.7 Å². The highest BCUT2D eigenvalue weighted by molar-refractivity contribution is 6.09. The Hall–Kier alpha value is -3.54. The van der Waals surface area contributed by atoms with Crippen LogP contribution in [0.1, 0.15) is 39.2 Å². The highest BCUT2D eigenvalue weighted by Gasteiger charge is 2.17. The molecule has 0 saturated carbocycles. The molecule has 3 aromatic carbocycles. The van der Waals surface area contributed by atoms with E-state index in [4.69, 9.17) is 0 Å². The normalized spacial score (nSPS) is 11.5. The summed E-state index contributed by atoms with van der Waals surface area (Å²) in [5, 5.41) is 5.46. The minimum atomic E-state index is -1.12. The molecule has 0 aromatic heterocycles. The Labute approximate surface area is 161 Å². The van der Waals surface area contributed by atoms with Crippen molar-refractivity contribution in [2.24, 2.45) is 0 Å². The first kappa shape index (κ1) is 19.2. The van der Waals surface area contributed by atoms with E-state index in [9.17, 15) is 18.4 Å². The number of halogens is 2. The van der Waals surface area contributed by atoms with Crippen LogP contribution < -0.4 is 10.6 Å². The van der Waals surface area contributed by atoms with E-state index < -0.39 is 17.5 Å². The molecule has 4 nitrogen and oxygen atoms in total. The molecule has 28 heavy (non-hydrogen) atoms. The molecule has 2 N–H and O–H groups in total. The third-order valence-corrected chi connectivity index (χ3v) is 4.25. The van der Waals surface area contributed by atoms with Crippen LogP contribution in [0.3, 0.4) is 0 Å². The van der Waals surface area contributed by atoms with Crippen LogP contribution in [0.4, 0.5) is 14.5 Å². The number of para-hydroxylation sites is 1. The summed E-state index contributed by atoms with van der Waals surface area (Å²) in [4.78, 5) is 25.1. The smallest absolute Gasteiger partial charge is 0.255 e. The Morgan fingerprint density at radius 3 is 2.21 bits per heavy atom. The molecule has 3 rings (SSSR count). The Bertz CT molecular complexity index is 1010. The first-order valence-electron chi connectivity index (χ1n) is 8.67. The van der Waals surface area contributed by atoms with Crippen molar-refractivity contribution in [2.75, 3.05) is 5.32 Å². The molecule has 142 valence electrons. The summed E-state index contributed by atoms with van der Waals surface area (Å²) >= 11 is 0. The van der Waals surface area contributed by atoms with Crippen molar-refractivity contribution in [1.82, 2.24) is 5.32 Å². The van der Waals surface area contributed by atoms with Gasteiger partial charge in [0.25, 0.3) is 11.8 Å². The molecular weight excluding hydrogens is 362 g/mol. The van der Waals surface area contributed by atoms with Crippen molar-refractivity contribution >= 4 is 17.5 Å². The number of nitrogens with one attached hydrogen (secondary N) is 2. The fourth-order valence-electron chi connectivity index (χ4n) is 2.72. The molecule has 0 fully saturated rings. The number of amides is 2. The van der Waals surface area contributed by atoms with E-state index in [2.05, 4.69) is 10.6 Å². The first-order valence-corrected chi connectivity index (χ1v) is 8.67. The maximum absolute atomic E-state index is 13.4. The zero-order chi connectivity index (χ0) is 20.1. The largest absolute Gasteiger partial charge is 0.345 e. The molecule has 0 radical (unpaired) electrons. The minimum absolute atomic E-state index is 0.0493. The number of rotatable bonds is 5. The molecule has 1 atom stereocenters. The summed E-state index contributed by atoms with van der Waals surface area (Å²) in [5.74, 6) is -3.16. The van der Waals surface area contributed by atoms with Gasteiger partial charge < -0.3 is 10.6 Å². The molecule has 6 heteroatoms. The lowest BCUT2D eigenvalue weighted by Gasteiger charge is -2.16. The van der Waals surface area contributed by atoms with Crippen LogP contribution in [-0.4, -0.2) is 11.8 Å². The highest BCUT2D eigenvalue weighted by Crippen LogP contribution is 2.19. The van der Waals surface area contributed by atoms with Gasteiger partial charge in [0.2, 0.25) is 0 Å². The maximum Gasteiger partial charge on any atom is 0.255 e. The number of hydrogen-bond donors (Lipinski definition) is 2. The van der Waals surface area contributed by atoms with E-state index in [-0.39, 0.29) is 28.8 Å². The van der Waals surface area contributed by atoms with Gasteiger partial charge in [-0.05, 0) is 42.8 Å². The Morgan fingerprint density at radius 2 is 1.50 bits per heavy atom. The van der Waals surface area contributed by atoms with Gasteiger partial charge in [0, 0.05) is 5.56 Å². The molecule has 0 spiro atoms. The summed E-state index contributed by atoms with van der Waals surface area (Å²) in [6, 6.07) is 18.6. The average Bonchev–Trinajstić information content (AvgIpc) is 2.71. The second kappa shape index (κ2) is 8.43. The average molecular weight is 380 g/mol. The van der Waals surface area contributed by atoms with Crippen molar-refractivity contribution in [3.05, 3.63) is 101 Å². The number of hydrogen-bond acceptors (Lipinski definition) is 2. The molecule has 0 bridgehead atoms. The summed E-state index contributed by atoms with van der Waals surface area (Å²) in [7, 11) is 0. The molecule has 0 heterocycles. The summed E-state index contributed by atoms with van der Waals surface area (Å²) in [6.07, 6.45) is 0. The van der Waals surface area contributed by atoms with Gasteiger partial charge in [0.05, 0.1) is 17.3 Å². The monoisotopic (exact) mass is 380 g/mol. The molecule has 1 unspecified atom stereocenters. The molecule has 0 aliphatic heterocycles. The van der Waals surface area contributed by atoms with Crippen LogP contribution in [0.5, 0.6) is 0 Å². The minimum Gasteiger partial charge on any atom is -0.345 e. The van der Waals surface area contributed by atoms with Gasteiger partial charge in [0.15, 0.2) is 11.6 Å². The maximum atomic E-state index is 13.4. The third kappa shape index (κ3) is 4.40. The second-order valence-electron chi connectivity index (χ2n) is 6.23. The number of anilines is 1. The number of carbonyl (C=O) groups excluding carboxylic acids is 2. The van der Waals surface area contributed by atoms with Crippen LogP contribution in [-0.2, 0) is 0 Å². The van der Waals surface area contributed by atoms with E-state index in [1.807, 2.05) is 37.3 Å². The number of benzene rings is 3. The Balaban J connectivity index is 1.77. The van der Waals surface area contributed by atoms with Crippen molar-refractivity contribution in [1.29, 1.82) is 0 Å². The van der Waals surface area contributed by atoms with E-state index in [0.29, 0.717) is 0 Å².